The Labute approximate surface area is 156 Å². The van der Waals surface area contributed by atoms with Gasteiger partial charge in [0.25, 0.3) is 5.91 Å². The fraction of sp³-hybridized carbons (Fsp3) is 0.263. The van der Waals surface area contributed by atoms with E-state index in [1.54, 1.807) is 30.7 Å². The van der Waals surface area contributed by atoms with E-state index in [-0.39, 0.29) is 5.91 Å². The lowest BCUT2D eigenvalue weighted by Crippen LogP contribution is -2.26. The highest BCUT2D eigenvalue weighted by molar-refractivity contribution is 7.09. The van der Waals surface area contributed by atoms with E-state index in [0.717, 1.165) is 23.2 Å². The normalized spacial score (nSPS) is 10.6. The molecule has 1 aromatic carbocycles. The predicted molar refractivity (Wildman–Crippen MR) is 102 cm³/mol. The topological polar surface area (TPSA) is 77.0 Å². The molecule has 26 heavy (non-hydrogen) atoms. The molecule has 1 N–H and O–H groups in total. The van der Waals surface area contributed by atoms with Crippen molar-refractivity contribution in [3.05, 3.63) is 57.7 Å². The summed E-state index contributed by atoms with van der Waals surface area (Å²) < 4.78 is 5.14. The summed E-state index contributed by atoms with van der Waals surface area (Å²) in [4.78, 5) is 26.6. The molecule has 0 saturated carbocycles. The van der Waals surface area contributed by atoms with Crippen LogP contribution in [0.25, 0.3) is 11.4 Å². The molecule has 6 nitrogen and oxygen atoms in total. The van der Waals surface area contributed by atoms with Crippen molar-refractivity contribution < 1.29 is 9.53 Å². The molecule has 0 fully saturated rings. The highest BCUT2D eigenvalue weighted by Crippen LogP contribution is 2.21. The molecule has 0 atom stereocenters. The smallest absolute Gasteiger partial charge is 0.251 e. The molecular formula is C19H20N4O2S. The third-order valence-electron chi connectivity index (χ3n) is 4.06. The Morgan fingerprint density at radius 2 is 2.08 bits per heavy atom. The second kappa shape index (κ2) is 8.05. The van der Waals surface area contributed by atoms with Crippen molar-refractivity contribution in [3.63, 3.8) is 0 Å². The number of benzene rings is 1. The van der Waals surface area contributed by atoms with E-state index in [9.17, 15) is 4.79 Å². The SMILES string of the molecule is COc1ccnc(-c2ccc(C)c(C(=O)NCCc3scnc3C)c2)n1. The van der Waals surface area contributed by atoms with Gasteiger partial charge in [0.1, 0.15) is 0 Å². The van der Waals surface area contributed by atoms with Crippen LogP contribution in [-0.4, -0.2) is 34.5 Å². The lowest BCUT2D eigenvalue weighted by molar-refractivity contribution is 0.0953. The van der Waals surface area contributed by atoms with Gasteiger partial charge >= 0.3 is 0 Å². The van der Waals surface area contributed by atoms with Crippen molar-refractivity contribution in [1.29, 1.82) is 0 Å². The number of methoxy groups -OCH3 is 1. The van der Waals surface area contributed by atoms with E-state index in [1.165, 1.54) is 4.88 Å². The minimum Gasteiger partial charge on any atom is -0.481 e. The number of hydrogen-bond donors (Lipinski definition) is 1. The lowest BCUT2D eigenvalue weighted by Gasteiger charge is -2.10. The van der Waals surface area contributed by atoms with Gasteiger partial charge in [0.15, 0.2) is 5.82 Å². The zero-order valence-electron chi connectivity index (χ0n) is 14.9. The molecule has 0 unspecified atom stereocenters. The number of nitrogens with zero attached hydrogens (tertiary/aromatic N) is 3. The average Bonchev–Trinajstić information content (AvgIpc) is 3.07. The Kier molecular flexibility index (Phi) is 5.58. The maximum Gasteiger partial charge on any atom is 0.251 e. The maximum atomic E-state index is 12.6. The molecule has 0 spiro atoms. The zero-order chi connectivity index (χ0) is 18.5. The summed E-state index contributed by atoms with van der Waals surface area (Å²) in [6, 6.07) is 7.31. The van der Waals surface area contributed by atoms with Crippen LogP contribution < -0.4 is 10.1 Å². The number of carbonyl (C=O) groups is 1. The Balaban J connectivity index is 1.74. The lowest BCUT2D eigenvalue weighted by atomic mass is 10.0. The molecule has 134 valence electrons. The van der Waals surface area contributed by atoms with E-state index in [2.05, 4.69) is 20.3 Å². The number of amides is 1. The van der Waals surface area contributed by atoms with E-state index < -0.39 is 0 Å². The van der Waals surface area contributed by atoms with Gasteiger partial charge in [-0.05, 0) is 25.5 Å². The summed E-state index contributed by atoms with van der Waals surface area (Å²) in [5.74, 6) is 0.912. The van der Waals surface area contributed by atoms with E-state index in [4.69, 9.17) is 4.74 Å². The number of aryl methyl sites for hydroxylation is 2. The standard InChI is InChI=1S/C19H20N4O2S/c1-12-4-5-14(18-20-9-7-17(23-18)25-3)10-15(12)19(24)21-8-6-16-13(2)22-11-26-16/h4-5,7,9-11H,6,8H2,1-3H3,(H,21,24). The van der Waals surface area contributed by atoms with Crippen molar-refractivity contribution in [2.45, 2.75) is 20.3 Å². The Bertz CT molecular complexity index is 923. The van der Waals surface area contributed by atoms with Gasteiger partial charge < -0.3 is 10.1 Å². The molecule has 0 radical (unpaired) electrons. The van der Waals surface area contributed by atoms with Gasteiger partial charge in [0.2, 0.25) is 5.88 Å². The second-order valence-electron chi connectivity index (χ2n) is 5.82. The highest BCUT2D eigenvalue weighted by Gasteiger charge is 2.12. The monoisotopic (exact) mass is 368 g/mol. The molecule has 3 rings (SSSR count). The molecule has 0 saturated heterocycles. The van der Waals surface area contributed by atoms with Crippen molar-refractivity contribution in [2.24, 2.45) is 0 Å². The third-order valence-corrected chi connectivity index (χ3v) is 5.06. The molecule has 0 aliphatic carbocycles. The number of aromatic nitrogens is 3. The van der Waals surface area contributed by atoms with Crippen LogP contribution in [0, 0.1) is 13.8 Å². The van der Waals surface area contributed by atoms with Crippen LogP contribution in [0.3, 0.4) is 0 Å². The Morgan fingerprint density at radius 3 is 2.81 bits per heavy atom. The molecule has 1 amide bonds. The van der Waals surface area contributed by atoms with Gasteiger partial charge in [-0.15, -0.1) is 11.3 Å². The van der Waals surface area contributed by atoms with Crippen LogP contribution in [0.5, 0.6) is 5.88 Å². The first-order chi connectivity index (χ1) is 12.6. The molecular weight excluding hydrogens is 348 g/mol. The first-order valence-corrected chi connectivity index (χ1v) is 9.11. The van der Waals surface area contributed by atoms with Crippen molar-refractivity contribution >= 4 is 17.2 Å². The molecule has 3 aromatic rings. The average molecular weight is 368 g/mol. The number of carbonyl (C=O) groups excluding carboxylic acids is 1. The molecule has 7 heteroatoms. The summed E-state index contributed by atoms with van der Waals surface area (Å²) in [6.45, 7) is 4.47. The minimum atomic E-state index is -0.102. The van der Waals surface area contributed by atoms with Gasteiger partial charge in [-0.2, -0.15) is 4.98 Å². The highest BCUT2D eigenvalue weighted by atomic mass is 32.1. The molecule has 2 aromatic heterocycles. The second-order valence-corrected chi connectivity index (χ2v) is 6.76. The van der Waals surface area contributed by atoms with Crippen LogP contribution in [-0.2, 0) is 6.42 Å². The maximum absolute atomic E-state index is 12.6. The largest absolute Gasteiger partial charge is 0.481 e. The zero-order valence-corrected chi connectivity index (χ0v) is 15.8. The quantitative estimate of drug-likeness (QED) is 0.723. The first-order valence-electron chi connectivity index (χ1n) is 8.23. The summed E-state index contributed by atoms with van der Waals surface area (Å²) in [6.07, 6.45) is 2.41. The van der Waals surface area contributed by atoms with Gasteiger partial charge in [0.05, 0.1) is 18.3 Å². The summed E-state index contributed by atoms with van der Waals surface area (Å²) in [7, 11) is 1.56. The first kappa shape index (κ1) is 18.0. The van der Waals surface area contributed by atoms with Gasteiger partial charge in [0, 0.05) is 41.2 Å². The van der Waals surface area contributed by atoms with E-state index >= 15 is 0 Å². The molecule has 0 aliphatic heterocycles. The number of hydrogen-bond acceptors (Lipinski definition) is 6. The van der Waals surface area contributed by atoms with Crippen molar-refractivity contribution in [2.75, 3.05) is 13.7 Å². The summed E-state index contributed by atoms with van der Waals surface area (Å²) in [5, 5.41) is 2.98. The Morgan fingerprint density at radius 1 is 1.23 bits per heavy atom. The van der Waals surface area contributed by atoms with Gasteiger partial charge in [-0.25, -0.2) is 9.97 Å². The van der Waals surface area contributed by atoms with Crippen LogP contribution >= 0.6 is 11.3 Å². The summed E-state index contributed by atoms with van der Waals surface area (Å²) >= 11 is 1.61. The number of rotatable bonds is 6. The van der Waals surface area contributed by atoms with Crippen molar-refractivity contribution in [1.82, 2.24) is 20.3 Å². The minimum absolute atomic E-state index is 0.102. The fourth-order valence-electron chi connectivity index (χ4n) is 2.55. The predicted octanol–water partition coefficient (Wildman–Crippen LogP) is 3.20. The summed E-state index contributed by atoms with van der Waals surface area (Å²) in [5.41, 5.74) is 5.16. The molecule has 0 bridgehead atoms. The van der Waals surface area contributed by atoms with Crippen LogP contribution in [0.15, 0.2) is 36.0 Å². The van der Waals surface area contributed by atoms with Gasteiger partial charge in [-0.1, -0.05) is 12.1 Å². The number of thiazole rings is 1. The number of ether oxygens (including phenoxy) is 1. The van der Waals surface area contributed by atoms with Gasteiger partial charge in [-0.3, -0.25) is 4.79 Å². The molecule has 0 aliphatic rings. The third kappa shape index (κ3) is 4.05. The fourth-order valence-corrected chi connectivity index (χ4v) is 3.33. The van der Waals surface area contributed by atoms with Crippen LogP contribution in [0.4, 0.5) is 0 Å². The van der Waals surface area contributed by atoms with Crippen molar-refractivity contribution in [3.8, 4) is 17.3 Å². The Hall–Kier alpha value is -2.80. The van der Waals surface area contributed by atoms with Crippen LogP contribution in [0.1, 0.15) is 26.5 Å². The van der Waals surface area contributed by atoms with E-state index in [1.807, 2.05) is 37.6 Å². The van der Waals surface area contributed by atoms with Crippen LogP contribution in [0.2, 0.25) is 0 Å². The van der Waals surface area contributed by atoms with E-state index in [0.29, 0.717) is 23.8 Å². The number of nitrogens with one attached hydrogen (secondary N) is 1. The molecule has 2 heterocycles.